The van der Waals surface area contributed by atoms with Crippen LogP contribution in [0.1, 0.15) is 39.7 Å². The van der Waals surface area contributed by atoms with Crippen LogP contribution in [0.25, 0.3) is 0 Å². The van der Waals surface area contributed by atoms with Crippen molar-refractivity contribution in [2.45, 2.75) is 46.3 Å². The summed E-state index contributed by atoms with van der Waals surface area (Å²) in [7, 11) is 0. The van der Waals surface area contributed by atoms with Crippen molar-refractivity contribution in [2.75, 3.05) is 19.8 Å². The molecule has 0 radical (unpaired) electrons. The highest BCUT2D eigenvalue weighted by Crippen LogP contribution is 2.14. The number of benzene rings is 1. The Morgan fingerprint density at radius 2 is 1.80 bits per heavy atom. The average Bonchev–Trinajstić information content (AvgIpc) is 2.55. The van der Waals surface area contributed by atoms with Gasteiger partial charge in [-0.15, -0.1) is 0 Å². The number of amides is 1. The highest BCUT2D eigenvalue weighted by molar-refractivity contribution is 5.95. The molecule has 0 saturated heterocycles. The molecule has 1 aromatic rings. The van der Waals surface area contributed by atoms with Crippen molar-refractivity contribution in [2.24, 2.45) is 0 Å². The lowest BCUT2D eigenvalue weighted by molar-refractivity contribution is -0.116. The Bertz CT molecular complexity index is 575. The number of ether oxygens (including phenoxy) is 2. The maximum atomic E-state index is 12.5. The third kappa shape index (κ3) is 8.49. The molecule has 0 aliphatic carbocycles. The Balaban J connectivity index is 2.72. The van der Waals surface area contributed by atoms with Crippen LogP contribution in [0, 0.1) is 0 Å². The van der Waals surface area contributed by atoms with Gasteiger partial charge in [0.1, 0.15) is 5.60 Å². The second-order valence-corrected chi connectivity index (χ2v) is 6.80. The molecule has 0 aliphatic rings. The van der Waals surface area contributed by atoms with Crippen LogP contribution in [-0.4, -0.2) is 42.1 Å². The van der Waals surface area contributed by atoms with Gasteiger partial charge in [0.2, 0.25) is 0 Å². The molecule has 0 fully saturated rings. The maximum absolute atomic E-state index is 12.5. The lowest BCUT2D eigenvalue weighted by atomic mass is 10.1. The number of hydrogen-bond acceptors (Lipinski definition) is 4. The Hall–Kier alpha value is -2.14. The van der Waals surface area contributed by atoms with E-state index in [0.29, 0.717) is 18.7 Å². The third-order valence-corrected chi connectivity index (χ3v) is 3.35. The van der Waals surface area contributed by atoms with Crippen LogP contribution in [0.15, 0.2) is 42.5 Å². The van der Waals surface area contributed by atoms with E-state index >= 15 is 0 Å². The summed E-state index contributed by atoms with van der Waals surface area (Å²) in [5, 5.41) is 0. The normalized spacial score (nSPS) is 11.0. The van der Waals surface area contributed by atoms with E-state index in [-0.39, 0.29) is 25.4 Å². The second-order valence-electron chi connectivity index (χ2n) is 6.80. The summed E-state index contributed by atoms with van der Waals surface area (Å²) in [6.07, 6.45) is -0.239. The molecule has 0 atom stereocenters. The van der Waals surface area contributed by atoms with E-state index in [9.17, 15) is 9.59 Å². The lowest BCUT2D eigenvalue weighted by Crippen LogP contribution is -2.37. The number of nitrogens with zero attached hydrogens (tertiary/aromatic N) is 1. The molecule has 0 saturated carbocycles. The predicted octanol–water partition coefficient (Wildman–Crippen LogP) is 3.98. The van der Waals surface area contributed by atoms with Crippen LogP contribution in [0.4, 0.5) is 4.79 Å². The molecule has 5 nitrogen and oxygen atoms in total. The van der Waals surface area contributed by atoms with Gasteiger partial charge in [-0.05, 0) is 33.3 Å². The van der Waals surface area contributed by atoms with Crippen molar-refractivity contribution in [1.29, 1.82) is 0 Å². The predicted molar refractivity (Wildman–Crippen MR) is 98.3 cm³/mol. The molecule has 25 heavy (non-hydrogen) atoms. The van der Waals surface area contributed by atoms with Gasteiger partial charge in [-0.1, -0.05) is 36.9 Å². The zero-order valence-electron chi connectivity index (χ0n) is 15.7. The molecule has 0 heterocycles. The van der Waals surface area contributed by atoms with Gasteiger partial charge in [0, 0.05) is 31.7 Å². The Morgan fingerprint density at radius 3 is 2.36 bits per heavy atom. The first-order valence-corrected chi connectivity index (χ1v) is 8.53. The smallest absolute Gasteiger partial charge is 0.410 e. The molecule has 0 aromatic heterocycles. The lowest BCUT2D eigenvalue weighted by Gasteiger charge is -2.27. The SMILES string of the molecule is C=C(COCC)C(=O)CCN(Cc1ccccc1)C(=O)OC(C)(C)C. The molecular formula is C20H29NO4. The molecule has 0 unspecified atom stereocenters. The minimum absolute atomic E-state index is 0.102. The molecule has 5 heteroatoms. The number of Topliss-reactive ketones (excluding diaryl/α,β-unsaturated/α-hetero) is 1. The zero-order valence-corrected chi connectivity index (χ0v) is 15.7. The quantitative estimate of drug-likeness (QED) is 0.634. The highest BCUT2D eigenvalue weighted by atomic mass is 16.6. The summed E-state index contributed by atoms with van der Waals surface area (Å²) >= 11 is 0. The van der Waals surface area contributed by atoms with Crippen molar-refractivity contribution in [1.82, 2.24) is 4.90 Å². The van der Waals surface area contributed by atoms with Crippen LogP contribution in [0.2, 0.25) is 0 Å². The molecule has 0 bridgehead atoms. The number of hydrogen-bond donors (Lipinski definition) is 0. The summed E-state index contributed by atoms with van der Waals surface area (Å²) in [6, 6.07) is 9.62. The molecule has 1 rings (SSSR count). The van der Waals surface area contributed by atoms with E-state index in [0.717, 1.165) is 5.56 Å². The van der Waals surface area contributed by atoms with E-state index in [1.165, 1.54) is 0 Å². The van der Waals surface area contributed by atoms with Gasteiger partial charge in [0.25, 0.3) is 0 Å². The highest BCUT2D eigenvalue weighted by Gasteiger charge is 2.23. The number of carbonyl (C=O) groups excluding carboxylic acids is 2. The minimum atomic E-state index is -0.589. The Labute approximate surface area is 150 Å². The summed E-state index contributed by atoms with van der Waals surface area (Å²) in [4.78, 5) is 26.2. The van der Waals surface area contributed by atoms with E-state index in [2.05, 4.69) is 6.58 Å². The molecule has 1 aromatic carbocycles. The summed E-state index contributed by atoms with van der Waals surface area (Å²) in [6.45, 7) is 12.5. The van der Waals surface area contributed by atoms with Gasteiger partial charge in [-0.3, -0.25) is 4.79 Å². The topological polar surface area (TPSA) is 55.8 Å². The van der Waals surface area contributed by atoms with Gasteiger partial charge < -0.3 is 14.4 Å². The van der Waals surface area contributed by atoms with Crippen molar-refractivity contribution in [3.63, 3.8) is 0 Å². The summed E-state index contributed by atoms with van der Waals surface area (Å²) in [5.41, 5.74) is 0.814. The van der Waals surface area contributed by atoms with Crippen LogP contribution >= 0.6 is 0 Å². The van der Waals surface area contributed by atoms with E-state index < -0.39 is 11.7 Å². The number of carbonyl (C=O) groups is 2. The average molecular weight is 347 g/mol. The molecule has 0 spiro atoms. The van der Waals surface area contributed by atoms with Gasteiger partial charge in [0.05, 0.1) is 6.61 Å². The first-order chi connectivity index (χ1) is 11.7. The van der Waals surface area contributed by atoms with E-state index in [4.69, 9.17) is 9.47 Å². The van der Waals surface area contributed by atoms with Crippen LogP contribution in [-0.2, 0) is 20.8 Å². The standard InChI is InChI=1S/C20H29NO4/c1-6-24-15-16(2)18(22)12-13-21(19(23)25-20(3,4)5)14-17-10-8-7-9-11-17/h7-11H,2,6,12-15H2,1,3-5H3. The first-order valence-electron chi connectivity index (χ1n) is 8.53. The molecule has 0 aliphatic heterocycles. The molecular weight excluding hydrogens is 318 g/mol. The van der Waals surface area contributed by atoms with Crippen molar-refractivity contribution in [3.05, 3.63) is 48.0 Å². The van der Waals surface area contributed by atoms with Gasteiger partial charge in [0.15, 0.2) is 5.78 Å². The van der Waals surface area contributed by atoms with Crippen LogP contribution in [0.5, 0.6) is 0 Å². The Morgan fingerprint density at radius 1 is 1.16 bits per heavy atom. The van der Waals surface area contributed by atoms with Crippen LogP contribution < -0.4 is 0 Å². The molecule has 0 N–H and O–H groups in total. The number of rotatable bonds is 9. The van der Waals surface area contributed by atoms with Crippen molar-refractivity contribution in [3.8, 4) is 0 Å². The number of ketones is 1. The maximum Gasteiger partial charge on any atom is 0.410 e. The fourth-order valence-corrected chi connectivity index (χ4v) is 2.08. The fraction of sp³-hybridized carbons (Fsp3) is 0.500. The van der Waals surface area contributed by atoms with Gasteiger partial charge in [-0.25, -0.2) is 4.79 Å². The van der Waals surface area contributed by atoms with Crippen LogP contribution in [0.3, 0.4) is 0 Å². The largest absolute Gasteiger partial charge is 0.444 e. The van der Waals surface area contributed by atoms with E-state index in [1.54, 1.807) is 4.90 Å². The molecule has 1 amide bonds. The Kier molecular flexibility index (Phi) is 8.35. The zero-order chi connectivity index (χ0) is 18.9. The second kappa shape index (κ2) is 9.99. The van der Waals surface area contributed by atoms with E-state index in [1.807, 2.05) is 58.0 Å². The summed E-state index contributed by atoms with van der Waals surface area (Å²) in [5.74, 6) is -0.102. The first kappa shape index (κ1) is 20.9. The van der Waals surface area contributed by atoms with Crippen molar-refractivity contribution >= 4 is 11.9 Å². The van der Waals surface area contributed by atoms with Gasteiger partial charge in [-0.2, -0.15) is 0 Å². The van der Waals surface area contributed by atoms with Gasteiger partial charge >= 0.3 is 6.09 Å². The third-order valence-electron chi connectivity index (χ3n) is 3.35. The fourth-order valence-electron chi connectivity index (χ4n) is 2.08. The monoisotopic (exact) mass is 347 g/mol. The van der Waals surface area contributed by atoms with Crippen molar-refractivity contribution < 1.29 is 19.1 Å². The minimum Gasteiger partial charge on any atom is -0.444 e. The molecule has 138 valence electrons. The summed E-state index contributed by atoms with van der Waals surface area (Å²) < 4.78 is 10.7.